The molecule has 0 atom stereocenters. The van der Waals surface area contributed by atoms with Crippen molar-refractivity contribution in [1.82, 2.24) is 4.98 Å². The van der Waals surface area contributed by atoms with Crippen LogP contribution in [0.2, 0.25) is 0 Å². The molecule has 0 spiro atoms. The van der Waals surface area contributed by atoms with Gasteiger partial charge >= 0.3 is 0 Å². The van der Waals surface area contributed by atoms with Gasteiger partial charge in [0.1, 0.15) is 11.3 Å². The molecule has 0 aliphatic carbocycles. The Hall–Kier alpha value is -2.39. The Kier molecular flexibility index (Phi) is 3.31. The van der Waals surface area contributed by atoms with Gasteiger partial charge in [0.05, 0.1) is 8.15 Å². The number of aromatic nitrogens is 1. The van der Waals surface area contributed by atoms with Gasteiger partial charge in [0.15, 0.2) is 17.1 Å². The highest BCUT2D eigenvalue weighted by molar-refractivity contribution is 7.60. The summed E-state index contributed by atoms with van der Waals surface area (Å²) in [6.07, 6.45) is 3.65. The minimum atomic E-state index is -0.451. The van der Waals surface area contributed by atoms with Crippen molar-refractivity contribution >= 4 is 25.3 Å². The van der Waals surface area contributed by atoms with Crippen LogP contribution in [0.1, 0.15) is 5.56 Å². The molecule has 0 amide bonds. The van der Waals surface area contributed by atoms with Gasteiger partial charge < -0.3 is 14.0 Å². The van der Waals surface area contributed by atoms with E-state index in [-0.39, 0.29) is 17.4 Å². The molecule has 0 bridgehead atoms. The number of phenols is 1. The van der Waals surface area contributed by atoms with Gasteiger partial charge in [-0.25, -0.2) is 9.37 Å². The third-order valence-electron chi connectivity index (χ3n) is 3.54. The van der Waals surface area contributed by atoms with Gasteiger partial charge in [-0.1, -0.05) is 12.7 Å². The van der Waals surface area contributed by atoms with Gasteiger partial charge in [-0.05, 0) is 24.3 Å². The molecular formula is C17H13FNO3P. The number of hydrogen-bond acceptors (Lipinski definition) is 4. The Balaban J connectivity index is 1.76. The van der Waals surface area contributed by atoms with E-state index in [0.717, 1.165) is 12.3 Å². The lowest BCUT2D eigenvalue weighted by atomic mass is 10.2. The molecule has 3 aromatic rings. The quantitative estimate of drug-likeness (QED) is 0.700. The van der Waals surface area contributed by atoms with Crippen LogP contribution in [0.5, 0.6) is 11.5 Å². The van der Waals surface area contributed by atoms with Gasteiger partial charge in [0, 0.05) is 29.5 Å². The lowest BCUT2D eigenvalue weighted by Crippen LogP contribution is -1.86. The zero-order chi connectivity index (χ0) is 16.0. The minimum absolute atomic E-state index is 0.0777. The first-order chi connectivity index (χ1) is 11.1. The van der Waals surface area contributed by atoms with E-state index in [2.05, 4.69) is 11.6 Å². The van der Waals surface area contributed by atoms with Crippen LogP contribution in [0.4, 0.5) is 4.39 Å². The second-order valence-electron chi connectivity index (χ2n) is 5.27. The predicted octanol–water partition coefficient (Wildman–Crippen LogP) is 4.77. The zero-order valence-electron chi connectivity index (χ0n) is 12.1. The van der Waals surface area contributed by atoms with Gasteiger partial charge in [0.25, 0.3) is 0 Å². The van der Waals surface area contributed by atoms with Crippen LogP contribution in [0.3, 0.4) is 0 Å². The van der Waals surface area contributed by atoms with Crippen molar-refractivity contribution in [2.45, 2.75) is 0 Å². The molecule has 23 heavy (non-hydrogen) atoms. The Morgan fingerprint density at radius 3 is 2.83 bits per heavy atom. The molecule has 1 aliphatic rings. The topological polar surface area (TPSA) is 55.5 Å². The average Bonchev–Trinajstić information content (AvgIpc) is 3.25. The van der Waals surface area contributed by atoms with E-state index in [9.17, 15) is 9.50 Å². The van der Waals surface area contributed by atoms with Crippen molar-refractivity contribution in [1.29, 1.82) is 0 Å². The smallest absolute Gasteiger partial charge is 0.227 e. The molecule has 1 aliphatic heterocycles. The molecular weight excluding hydrogens is 316 g/mol. The fourth-order valence-corrected chi connectivity index (χ4v) is 3.23. The number of fused-ring (bicyclic) bond motifs is 1. The predicted molar refractivity (Wildman–Crippen MR) is 88.4 cm³/mol. The monoisotopic (exact) mass is 329 g/mol. The number of halogens is 1. The van der Waals surface area contributed by atoms with Gasteiger partial charge in [-0.3, -0.25) is 0 Å². The Morgan fingerprint density at radius 2 is 2.13 bits per heavy atom. The number of benzene rings is 2. The van der Waals surface area contributed by atoms with Crippen LogP contribution in [0.25, 0.3) is 28.6 Å². The summed E-state index contributed by atoms with van der Waals surface area (Å²) >= 11 is 0. The lowest BCUT2D eigenvalue weighted by molar-refractivity contribution is 0.475. The van der Waals surface area contributed by atoms with Crippen molar-refractivity contribution < 1.29 is 18.4 Å². The average molecular weight is 329 g/mol. The summed E-state index contributed by atoms with van der Waals surface area (Å²) in [6.45, 7) is 3.69. The summed E-state index contributed by atoms with van der Waals surface area (Å²) < 4.78 is 25.4. The van der Waals surface area contributed by atoms with E-state index in [0.29, 0.717) is 22.2 Å². The maximum Gasteiger partial charge on any atom is 0.227 e. The molecule has 4 nitrogen and oxygen atoms in total. The molecule has 0 saturated carbocycles. The van der Waals surface area contributed by atoms with Crippen molar-refractivity contribution in [2.75, 3.05) is 12.3 Å². The summed E-state index contributed by atoms with van der Waals surface area (Å²) in [6, 6.07) is 7.71. The molecule has 2 aromatic carbocycles. The lowest BCUT2D eigenvalue weighted by Gasteiger charge is -2.05. The van der Waals surface area contributed by atoms with Crippen LogP contribution in [-0.4, -0.2) is 22.4 Å². The maximum atomic E-state index is 14.1. The van der Waals surface area contributed by atoms with Crippen molar-refractivity contribution in [3.8, 4) is 23.0 Å². The molecule has 0 radical (unpaired) electrons. The molecule has 1 saturated heterocycles. The first kappa shape index (κ1) is 14.2. The van der Waals surface area contributed by atoms with Crippen molar-refractivity contribution in [3.63, 3.8) is 0 Å². The van der Waals surface area contributed by atoms with E-state index in [1.165, 1.54) is 12.1 Å². The fourth-order valence-electron chi connectivity index (χ4n) is 2.30. The number of phenolic OH excluding ortho intramolecular Hbond substituents is 1. The summed E-state index contributed by atoms with van der Waals surface area (Å²) in [7, 11) is -0.451. The van der Waals surface area contributed by atoms with Crippen LogP contribution in [0.15, 0.2) is 41.3 Å². The normalized spacial score (nSPS) is 14.1. The van der Waals surface area contributed by atoms with Crippen LogP contribution >= 0.6 is 8.15 Å². The first-order valence-corrected chi connectivity index (χ1v) is 8.76. The summed E-state index contributed by atoms with van der Waals surface area (Å²) in [5, 5.41) is 9.69. The maximum absolute atomic E-state index is 14.1. The van der Waals surface area contributed by atoms with E-state index >= 15 is 0 Å². The minimum Gasteiger partial charge on any atom is -0.508 e. The highest BCUT2D eigenvalue weighted by atomic mass is 31.2. The fraction of sp³-hybridized carbons (Fsp3) is 0.118. The van der Waals surface area contributed by atoms with Crippen molar-refractivity contribution in [2.24, 2.45) is 0 Å². The summed E-state index contributed by atoms with van der Waals surface area (Å²) in [5.41, 5.74) is 2.16. The van der Waals surface area contributed by atoms with Crippen LogP contribution < -0.4 is 4.52 Å². The molecule has 116 valence electrons. The second-order valence-corrected chi connectivity index (χ2v) is 7.31. The van der Waals surface area contributed by atoms with E-state index in [1.54, 1.807) is 24.3 Å². The van der Waals surface area contributed by atoms with Crippen LogP contribution in [0, 0.1) is 5.82 Å². The van der Waals surface area contributed by atoms with Gasteiger partial charge in [-0.2, -0.15) is 0 Å². The number of aromatic hydroxyl groups is 1. The molecule has 0 unspecified atom stereocenters. The number of oxazole rings is 1. The highest BCUT2D eigenvalue weighted by Gasteiger charge is 2.25. The number of hydrogen-bond donors (Lipinski definition) is 1. The largest absolute Gasteiger partial charge is 0.508 e. The molecule has 1 N–H and O–H groups in total. The number of rotatable bonds is 4. The SMILES string of the molecule is C=Cc1cc(O)cc2nc(-c3ccc(OP4CC4)c(F)c3)oc12. The zero-order valence-corrected chi connectivity index (χ0v) is 13.0. The van der Waals surface area contributed by atoms with Crippen molar-refractivity contribution in [3.05, 3.63) is 48.3 Å². The van der Waals surface area contributed by atoms with Crippen LogP contribution in [-0.2, 0) is 0 Å². The number of nitrogens with zero attached hydrogens (tertiary/aromatic N) is 1. The third-order valence-corrected chi connectivity index (χ3v) is 4.80. The summed E-state index contributed by atoms with van der Waals surface area (Å²) in [4.78, 5) is 4.32. The van der Waals surface area contributed by atoms with Gasteiger partial charge in [0.2, 0.25) is 5.89 Å². The van der Waals surface area contributed by atoms with E-state index in [4.69, 9.17) is 8.94 Å². The molecule has 1 fully saturated rings. The van der Waals surface area contributed by atoms with Gasteiger partial charge in [-0.15, -0.1) is 0 Å². The molecule has 4 rings (SSSR count). The Labute approximate surface area is 133 Å². The summed E-state index contributed by atoms with van der Waals surface area (Å²) in [5.74, 6) is 0.217. The molecule has 1 aromatic heterocycles. The molecule has 6 heteroatoms. The Morgan fingerprint density at radius 1 is 1.30 bits per heavy atom. The third kappa shape index (κ3) is 2.68. The molecule has 2 heterocycles. The standard InChI is InChI=1S/C17H13FNO3P/c1-2-10-7-12(20)9-14-16(10)21-17(19-14)11-3-4-15(13(18)8-11)22-23-5-6-23/h2-4,7-9,20H,1,5-6H2. The second kappa shape index (κ2) is 5.36. The Bertz CT molecular complexity index is 918. The highest BCUT2D eigenvalue weighted by Crippen LogP contribution is 2.51. The van der Waals surface area contributed by atoms with E-state index in [1.807, 2.05) is 0 Å². The van der Waals surface area contributed by atoms with E-state index < -0.39 is 14.0 Å². The first-order valence-electron chi connectivity index (χ1n) is 7.13.